The summed E-state index contributed by atoms with van der Waals surface area (Å²) < 4.78 is 5.41. The Bertz CT molecular complexity index is 714. The third-order valence-electron chi connectivity index (χ3n) is 5.09. The van der Waals surface area contributed by atoms with Crippen molar-refractivity contribution in [3.8, 4) is 0 Å². The molecule has 0 bridgehead atoms. The normalized spacial score (nSPS) is 21.1. The van der Waals surface area contributed by atoms with Crippen molar-refractivity contribution in [1.29, 1.82) is 0 Å². The van der Waals surface area contributed by atoms with E-state index in [2.05, 4.69) is 51.3 Å². The number of rotatable bonds is 5. The SMILES string of the molecule is Cc1ccc(CN2CCC(Nc3ccnc(N4CCOCC4)n3)C2)cc1. The highest BCUT2D eigenvalue weighted by Crippen LogP contribution is 2.19. The monoisotopic (exact) mass is 353 g/mol. The van der Waals surface area contributed by atoms with E-state index in [0.29, 0.717) is 6.04 Å². The number of aromatic nitrogens is 2. The third kappa shape index (κ3) is 4.31. The predicted molar refractivity (Wildman–Crippen MR) is 104 cm³/mol. The van der Waals surface area contributed by atoms with Gasteiger partial charge < -0.3 is 15.0 Å². The molecule has 0 amide bonds. The van der Waals surface area contributed by atoms with E-state index in [4.69, 9.17) is 9.72 Å². The molecule has 0 saturated carbocycles. The first-order valence-electron chi connectivity index (χ1n) is 9.46. The maximum absolute atomic E-state index is 5.41. The Kier molecular flexibility index (Phi) is 5.32. The van der Waals surface area contributed by atoms with Crippen molar-refractivity contribution in [1.82, 2.24) is 14.9 Å². The van der Waals surface area contributed by atoms with Gasteiger partial charge >= 0.3 is 0 Å². The van der Waals surface area contributed by atoms with Crippen molar-refractivity contribution < 1.29 is 4.74 Å². The molecule has 1 aromatic heterocycles. The Morgan fingerprint density at radius 1 is 1.12 bits per heavy atom. The molecule has 138 valence electrons. The van der Waals surface area contributed by atoms with Crippen molar-refractivity contribution >= 4 is 11.8 Å². The summed E-state index contributed by atoms with van der Waals surface area (Å²) in [5.41, 5.74) is 2.70. The van der Waals surface area contributed by atoms with E-state index in [1.165, 1.54) is 11.1 Å². The van der Waals surface area contributed by atoms with Crippen LogP contribution in [0.3, 0.4) is 0 Å². The van der Waals surface area contributed by atoms with Crippen LogP contribution in [-0.2, 0) is 11.3 Å². The summed E-state index contributed by atoms with van der Waals surface area (Å²) in [5.74, 6) is 1.72. The van der Waals surface area contributed by atoms with Crippen LogP contribution in [0.1, 0.15) is 17.5 Å². The Balaban J connectivity index is 1.32. The molecule has 2 aliphatic rings. The first-order valence-corrected chi connectivity index (χ1v) is 9.46. The molecule has 0 aliphatic carbocycles. The fourth-order valence-electron chi connectivity index (χ4n) is 3.60. The van der Waals surface area contributed by atoms with E-state index in [9.17, 15) is 0 Å². The topological polar surface area (TPSA) is 53.5 Å². The number of morpholine rings is 1. The highest BCUT2D eigenvalue weighted by molar-refractivity contribution is 5.42. The molecule has 1 aromatic carbocycles. The second-order valence-electron chi connectivity index (χ2n) is 7.19. The second-order valence-corrected chi connectivity index (χ2v) is 7.19. The van der Waals surface area contributed by atoms with Crippen molar-refractivity contribution in [2.75, 3.05) is 49.6 Å². The minimum absolute atomic E-state index is 0.438. The molecule has 26 heavy (non-hydrogen) atoms. The lowest BCUT2D eigenvalue weighted by atomic mass is 10.1. The van der Waals surface area contributed by atoms with Crippen LogP contribution in [0.4, 0.5) is 11.8 Å². The summed E-state index contributed by atoms with van der Waals surface area (Å²) in [4.78, 5) is 13.8. The van der Waals surface area contributed by atoms with Gasteiger partial charge in [-0.3, -0.25) is 4.90 Å². The number of nitrogens with zero attached hydrogens (tertiary/aromatic N) is 4. The fourth-order valence-corrected chi connectivity index (χ4v) is 3.60. The highest BCUT2D eigenvalue weighted by atomic mass is 16.5. The van der Waals surface area contributed by atoms with Crippen LogP contribution in [0.2, 0.25) is 0 Å². The number of anilines is 2. The van der Waals surface area contributed by atoms with Crippen LogP contribution in [0.15, 0.2) is 36.5 Å². The zero-order valence-electron chi connectivity index (χ0n) is 15.4. The van der Waals surface area contributed by atoms with Gasteiger partial charge in [0.05, 0.1) is 13.2 Å². The smallest absolute Gasteiger partial charge is 0.227 e. The molecule has 2 fully saturated rings. The first kappa shape index (κ1) is 17.2. The van der Waals surface area contributed by atoms with E-state index in [1.807, 2.05) is 12.3 Å². The maximum Gasteiger partial charge on any atom is 0.227 e. The van der Waals surface area contributed by atoms with E-state index in [0.717, 1.165) is 64.1 Å². The molecule has 6 heteroatoms. The average Bonchev–Trinajstić information content (AvgIpc) is 3.11. The van der Waals surface area contributed by atoms with Gasteiger partial charge in [-0.15, -0.1) is 0 Å². The maximum atomic E-state index is 5.41. The zero-order valence-corrected chi connectivity index (χ0v) is 15.4. The van der Waals surface area contributed by atoms with Crippen LogP contribution < -0.4 is 10.2 Å². The lowest BCUT2D eigenvalue weighted by Crippen LogP contribution is -2.37. The summed E-state index contributed by atoms with van der Waals surface area (Å²) in [6, 6.07) is 11.2. The fraction of sp³-hybridized carbons (Fsp3) is 0.500. The number of nitrogens with one attached hydrogen (secondary N) is 1. The molecule has 2 aliphatic heterocycles. The van der Waals surface area contributed by atoms with E-state index >= 15 is 0 Å². The average molecular weight is 353 g/mol. The van der Waals surface area contributed by atoms with Crippen molar-refractivity contribution in [2.45, 2.75) is 25.9 Å². The molecule has 1 N–H and O–H groups in total. The molecular formula is C20H27N5O. The second kappa shape index (κ2) is 8.01. The highest BCUT2D eigenvalue weighted by Gasteiger charge is 2.23. The molecule has 0 radical (unpaired) electrons. The molecule has 2 aromatic rings. The van der Waals surface area contributed by atoms with Crippen molar-refractivity contribution in [2.24, 2.45) is 0 Å². The van der Waals surface area contributed by atoms with E-state index < -0.39 is 0 Å². The standard InChI is InChI=1S/C20H27N5O/c1-16-2-4-17(5-3-16)14-24-9-7-18(15-24)22-19-6-8-21-20(23-19)25-10-12-26-13-11-25/h2-6,8,18H,7,9-15H2,1H3,(H,21,22,23). The molecule has 4 rings (SSSR count). The Morgan fingerprint density at radius 2 is 1.92 bits per heavy atom. The Hall–Kier alpha value is -2.18. The van der Waals surface area contributed by atoms with Gasteiger partial charge in [-0.05, 0) is 25.0 Å². The van der Waals surface area contributed by atoms with Crippen LogP contribution in [0, 0.1) is 6.92 Å². The summed E-state index contributed by atoms with van der Waals surface area (Å²) >= 11 is 0. The van der Waals surface area contributed by atoms with Crippen molar-refractivity contribution in [3.05, 3.63) is 47.7 Å². The quantitative estimate of drug-likeness (QED) is 0.890. The molecular weight excluding hydrogens is 326 g/mol. The number of aryl methyl sites for hydroxylation is 1. The number of ether oxygens (including phenoxy) is 1. The van der Waals surface area contributed by atoms with Crippen molar-refractivity contribution in [3.63, 3.8) is 0 Å². The molecule has 1 atom stereocenters. The van der Waals surface area contributed by atoms with Crippen LogP contribution in [0.5, 0.6) is 0 Å². The minimum Gasteiger partial charge on any atom is -0.378 e. The number of likely N-dealkylation sites (tertiary alicyclic amines) is 1. The Morgan fingerprint density at radius 3 is 2.73 bits per heavy atom. The van der Waals surface area contributed by atoms with Gasteiger partial charge in [-0.2, -0.15) is 4.98 Å². The van der Waals surface area contributed by atoms with Crippen LogP contribution >= 0.6 is 0 Å². The van der Waals surface area contributed by atoms with Gasteiger partial charge in [0.15, 0.2) is 0 Å². The van der Waals surface area contributed by atoms with Crippen LogP contribution in [-0.4, -0.2) is 60.3 Å². The molecule has 0 spiro atoms. The third-order valence-corrected chi connectivity index (χ3v) is 5.09. The van der Waals surface area contributed by atoms with Crippen LogP contribution in [0.25, 0.3) is 0 Å². The molecule has 3 heterocycles. The minimum atomic E-state index is 0.438. The summed E-state index contributed by atoms with van der Waals surface area (Å²) in [6.45, 7) is 8.52. The van der Waals surface area contributed by atoms with E-state index in [-0.39, 0.29) is 0 Å². The first-order chi connectivity index (χ1) is 12.8. The van der Waals surface area contributed by atoms with Gasteiger partial charge in [0.2, 0.25) is 5.95 Å². The van der Waals surface area contributed by atoms with Gasteiger partial charge in [0.1, 0.15) is 5.82 Å². The van der Waals surface area contributed by atoms with Gasteiger partial charge in [-0.25, -0.2) is 4.98 Å². The number of hydrogen-bond acceptors (Lipinski definition) is 6. The number of benzene rings is 1. The van der Waals surface area contributed by atoms with Gasteiger partial charge in [0.25, 0.3) is 0 Å². The van der Waals surface area contributed by atoms with E-state index in [1.54, 1.807) is 0 Å². The Labute approximate surface area is 155 Å². The molecule has 2 saturated heterocycles. The lowest BCUT2D eigenvalue weighted by Gasteiger charge is -2.27. The molecule has 6 nitrogen and oxygen atoms in total. The summed E-state index contributed by atoms with van der Waals surface area (Å²) in [7, 11) is 0. The lowest BCUT2D eigenvalue weighted by molar-refractivity contribution is 0.122. The van der Waals surface area contributed by atoms with Gasteiger partial charge in [-0.1, -0.05) is 29.8 Å². The van der Waals surface area contributed by atoms with Gasteiger partial charge in [0, 0.05) is 45.0 Å². The zero-order chi connectivity index (χ0) is 17.8. The summed E-state index contributed by atoms with van der Waals surface area (Å²) in [6.07, 6.45) is 2.99. The largest absolute Gasteiger partial charge is 0.378 e. The molecule has 1 unspecified atom stereocenters. The number of hydrogen-bond donors (Lipinski definition) is 1. The predicted octanol–water partition coefficient (Wildman–Crippen LogP) is 2.31. The summed E-state index contributed by atoms with van der Waals surface area (Å²) in [5, 5.41) is 3.59.